The van der Waals surface area contributed by atoms with Crippen molar-refractivity contribution in [3.05, 3.63) is 0 Å². The Labute approximate surface area is 144 Å². The van der Waals surface area contributed by atoms with Crippen molar-refractivity contribution in [3.63, 3.8) is 0 Å². The molecule has 0 radical (unpaired) electrons. The van der Waals surface area contributed by atoms with Crippen LogP contribution >= 0.6 is 0 Å². The average Bonchev–Trinajstić information content (AvgIpc) is 2.51. The van der Waals surface area contributed by atoms with E-state index in [0.29, 0.717) is 13.0 Å². The SMILES string of the molecule is NCC(=O)O.NCCCCCC(N)C(=O)O.N[C@@H](CC(=O)O)C(=O)O. The molecular formula is C13H28N4O8. The monoisotopic (exact) mass is 368 g/mol. The molecule has 0 aliphatic rings. The van der Waals surface area contributed by atoms with Gasteiger partial charge in [-0.15, -0.1) is 0 Å². The van der Waals surface area contributed by atoms with E-state index < -0.39 is 42.4 Å². The van der Waals surface area contributed by atoms with Crippen molar-refractivity contribution >= 4 is 23.9 Å². The van der Waals surface area contributed by atoms with Crippen LogP contribution < -0.4 is 22.9 Å². The molecule has 1 unspecified atom stereocenters. The second-order valence-corrected chi connectivity index (χ2v) is 4.72. The van der Waals surface area contributed by atoms with Crippen molar-refractivity contribution in [2.75, 3.05) is 13.1 Å². The summed E-state index contributed by atoms with van der Waals surface area (Å²) >= 11 is 0. The highest BCUT2D eigenvalue weighted by Gasteiger charge is 2.14. The molecule has 0 saturated carbocycles. The summed E-state index contributed by atoms with van der Waals surface area (Å²) in [6, 6.07) is -1.99. The average molecular weight is 368 g/mol. The quantitative estimate of drug-likeness (QED) is 0.191. The van der Waals surface area contributed by atoms with Crippen molar-refractivity contribution < 1.29 is 39.6 Å². The molecule has 0 spiro atoms. The third kappa shape index (κ3) is 26.9. The van der Waals surface area contributed by atoms with Crippen LogP contribution in [0.5, 0.6) is 0 Å². The number of hydrogen-bond donors (Lipinski definition) is 8. The Morgan fingerprint density at radius 2 is 1.16 bits per heavy atom. The zero-order valence-corrected chi connectivity index (χ0v) is 13.8. The van der Waals surface area contributed by atoms with Gasteiger partial charge in [0.1, 0.15) is 12.1 Å². The number of nitrogens with two attached hydrogens (primary N) is 4. The summed E-state index contributed by atoms with van der Waals surface area (Å²) in [5.41, 5.74) is 19.9. The van der Waals surface area contributed by atoms with Crippen LogP contribution in [0.3, 0.4) is 0 Å². The fourth-order valence-electron chi connectivity index (χ4n) is 1.08. The van der Waals surface area contributed by atoms with Gasteiger partial charge in [-0.1, -0.05) is 12.8 Å². The standard InChI is InChI=1S/C7H16N2O2.C4H7NO4.C2H5NO2/c8-5-3-1-2-4-6(9)7(10)11;5-2(4(8)9)1-3(6)7;3-1-2(4)5/h6H,1-5,8-9H2,(H,10,11);2H,1,5H2,(H,6,7)(H,8,9);1,3H2,(H,4,5)/t;2-;/m.0./s1. The first-order valence-corrected chi connectivity index (χ1v) is 7.30. The summed E-state index contributed by atoms with van der Waals surface area (Å²) in [7, 11) is 0. The van der Waals surface area contributed by atoms with E-state index >= 15 is 0 Å². The Hall–Kier alpha value is -2.28. The molecule has 0 aromatic heterocycles. The molecule has 0 saturated heterocycles. The van der Waals surface area contributed by atoms with Gasteiger partial charge in [0.2, 0.25) is 0 Å². The lowest BCUT2D eigenvalue weighted by molar-refractivity contribution is -0.144. The summed E-state index contributed by atoms with van der Waals surface area (Å²) < 4.78 is 0. The molecule has 12 heteroatoms. The zero-order valence-electron chi connectivity index (χ0n) is 13.8. The molecule has 0 aliphatic heterocycles. The molecule has 0 fully saturated rings. The second kappa shape index (κ2) is 18.1. The van der Waals surface area contributed by atoms with Crippen LogP contribution in [-0.4, -0.2) is 69.5 Å². The van der Waals surface area contributed by atoms with Crippen molar-refractivity contribution in [2.45, 2.75) is 44.2 Å². The number of unbranched alkanes of at least 4 members (excludes halogenated alkanes) is 2. The molecule has 0 amide bonds. The van der Waals surface area contributed by atoms with E-state index in [1.165, 1.54) is 0 Å². The summed E-state index contributed by atoms with van der Waals surface area (Å²) in [5.74, 6) is -4.38. The smallest absolute Gasteiger partial charge is 0.321 e. The van der Waals surface area contributed by atoms with E-state index in [0.717, 1.165) is 19.3 Å². The van der Waals surface area contributed by atoms with Crippen LogP contribution in [0, 0.1) is 0 Å². The van der Waals surface area contributed by atoms with E-state index in [9.17, 15) is 19.2 Å². The van der Waals surface area contributed by atoms with Crippen LogP contribution in [0.25, 0.3) is 0 Å². The van der Waals surface area contributed by atoms with E-state index in [1.54, 1.807) is 0 Å². The zero-order chi connectivity index (χ0) is 20.4. The van der Waals surface area contributed by atoms with Gasteiger partial charge in [0, 0.05) is 0 Å². The third-order valence-electron chi connectivity index (χ3n) is 2.42. The van der Waals surface area contributed by atoms with Crippen LogP contribution in [-0.2, 0) is 19.2 Å². The van der Waals surface area contributed by atoms with Crippen molar-refractivity contribution in [3.8, 4) is 0 Å². The van der Waals surface area contributed by atoms with Gasteiger partial charge in [0.25, 0.3) is 0 Å². The number of carbonyl (C=O) groups is 4. The number of carboxylic acid groups (broad SMARTS) is 4. The maximum Gasteiger partial charge on any atom is 0.321 e. The Kier molecular flexibility index (Phi) is 19.9. The minimum atomic E-state index is -1.29. The van der Waals surface area contributed by atoms with Crippen LogP contribution in [0.4, 0.5) is 0 Å². The van der Waals surface area contributed by atoms with Crippen molar-refractivity contribution in [1.82, 2.24) is 0 Å². The van der Waals surface area contributed by atoms with Crippen molar-refractivity contribution in [1.29, 1.82) is 0 Å². The van der Waals surface area contributed by atoms with E-state index in [-0.39, 0.29) is 6.54 Å². The molecule has 0 aromatic carbocycles. The molecule has 148 valence electrons. The summed E-state index contributed by atoms with van der Waals surface area (Å²) in [5, 5.41) is 32.0. The largest absolute Gasteiger partial charge is 0.481 e. The summed E-state index contributed by atoms with van der Waals surface area (Å²) in [6.45, 7) is 0.391. The summed E-state index contributed by atoms with van der Waals surface area (Å²) in [4.78, 5) is 39.1. The molecule has 2 atom stereocenters. The maximum absolute atomic E-state index is 10.2. The second-order valence-electron chi connectivity index (χ2n) is 4.72. The first kappa shape index (κ1) is 27.6. The minimum Gasteiger partial charge on any atom is -0.481 e. The van der Waals surface area contributed by atoms with Crippen molar-refractivity contribution in [2.24, 2.45) is 22.9 Å². The Balaban J connectivity index is -0.000000311. The third-order valence-corrected chi connectivity index (χ3v) is 2.42. The number of carboxylic acids is 4. The molecular weight excluding hydrogens is 340 g/mol. The summed E-state index contributed by atoms with van der Waals surface area (Å²) in [6.07, 6.45) is 2.79. The van der Waals surface area contributed by atoms with Crippen LogP contribution in [0.2, 0.25) is 0 Å². The molecule has 0 heterocycles. The minimum absolute atomic E-state index is 0.278. The van der Waals surface area contributed by atoms with E-state index in [1.807, 2.05) is 0 Å². The normalized spacial score (nSPS) is 11.7. The molecule has 0 aliphatic carbocycles. The number of aliphatic carboxylic acids is 4. The molecule has 12 nitrogen and oxygen atoms in total. The molecule has 0 bridgehead atoms. The Morgan fingerprint density at radius 3 is 1.40 bits per heavy atom. The first-order valence-electron chi connectivity index (χ1n) is 7.30. The first-order chi connectivity index (χ1) is 11.5. The van der Waals surface area contributed by atoms with Crippen LogP contribution in [0.1, 0.15) is 32.1 Å². The van der Waals surface area contributed by atoms with E-state index in [4.69, 9.17) is 37.6 Å². The van der Waals surface area contributed by atoms with Gasteiger partial charge in [-0.05, 0) is 19.4 Å². The molecule has 12 N–H and O–H groups in total. The fourth-order valence-corrected chi connectivity index (χ4v) is 1.08. The van der Waals surface area contributed by atoms with Gasteiger partial charge in [0.15, 0.2) is 0 Å². The van der Waals surface area contributed by atoms with Gasteiger partial charge in [-0.25, -0.2) is 0 Å². The van der Waals surface area contributed by atoms with E-state index in [2.05, 4.69) is 5.73 Å². The van der Waals surface area contributed by atoms with Gasteiger partial charge in [0.05, 0.1) is 13.0 Å². The number of hydrogen-bond acceptors (Lipinski definition) is 8. The van der Waals surface area contributed by atoms with Gasteiger partial charge < -0.3 is 43.4 Å². The lowest BCUT2D eigenvalue weighted by Gasteiger charge is -2.04. The van der Waals surface area contributed by atoms with Gasteiger partial charge in [-0.2, -0.15) is 0 Å². The lowest BCUT2D eigenvalue weighted by atomic mass is 10.1. The predicted octanol–water partition coefficient (Wildman–Crippen LogP) is -2.18. The van der Waals surface area contributed by atoms with Crippen LogP contribution in [0.15, 0.2) is 0 Å². The highest BCUT2D eigenvalue weighted by atomic mass is 16.4. The number of rotatable bonds is 10. The van der Waals surface area contributed by atoms with Gasteiger partial charge in [-0.3, -0.25) is 19.2 Å². The fraction of sp³-hybridized carbons (Fsp3) is 0.692. The Morgan fingerprint density at radius 1 is 0.720 bits per heavy atom. The molecule has 0 aromatic rings. The molecule has 0 rings (SSSR count). The highest BCUT2D eigenvalue weighted by molar-refractivity contribution is 5.80. The lowest BCUT2D eigenvalue weighted by Crippen LogP contribution is -2.32. The topological polar surface area (TPSA) is 253 Å². The Bertz CT molecular complexity index is 405. The predicted molar refractivity (Wildman–Crippen MR) is 87.7 cm³/mol. The highest BCUT2D eigenvalue weighted by Crippen LogP contribution is 2.01. The molecule has 25 heavy (non-hydrogen) atoms. The van der Waals surface area contributed by atoms with Gasteiger partial charge >= 0.3 is 23.9 Å². The maximum atomic E-state index is 10.2.